The van der Waals surface area contributed by atoms with Crippen LogP contribution in [0.1, 0.15) is 40.0 Å². The van der Waals surface area contributed by atoms with Gasteiger partial charge in [-0.25, -0.2) is 0 Å². The maximum Gasteiger partial charge on any atom is 0.0266 e. The van der Waals surface area contributed by atoms with Gasteiger partial charge in [0.25, 0.3) is 0 Å². The second kappa shape index (κ2) is 4.19. The molecule has 2 heterocycles. The number of rotatable bonds is 2. The van der Waals surface area contributed by atoms with Crippen molar-refractivity contribution >= 4 is 0 Å². The highest BCUT2D eigenvalue weighted by Gasteiger charge is 2.39. The average molecular weight is 196 g/mol. The number of nitrogens with zero attached hydrogens (tertiary/aromatic N) is 2. The van der Waals surface area contributed by atoms with Crippen LogP contribution in [0.15, 0.2) is 0 Å². The molecule has 0 bridgehead atoms. The quantitative estimate of drug-likeness (QED) is 0.666. The lowest BCUT2D eigenvalue weighted by molar-refractivity contribution is 0.0720. The van der Waals surface area contributed by atoms with Crippen molar-refractivity contribution in [2.24, 2.45) is 0 Å². The van der Waals surface area contributed by atoms with Crippen LogP contribution in [0.5, 0.6) is 0 Å². The van der Waals surface area contributed by atoms with Gasteiger partial charge < -0.3 is 0 Å². The van der Waals surface area contributed by atoms with Crippen LogP contribution in [0.4, 0.5) is 0 Å². The smallest absolute Gasteiger partial charge is 0.0266 e. The summed E-state index contributed by atoms with van der Waals surface area (Å²) in [5.74, 6) is 0. The summed E-state index contributed by atoms with van der Waals surface area (Å²) in [6.07, 6.45) is 4.23. The Kier molecular flexibility index (Phi) is 3.13. The molecule has 0 saturated carbocycles. The number of hydrogen-bond donors (Lipinski definition) is 0. The van der Waals surface area contributed by atoms with Gasteiger partial charge in [-0.3, -0.25) is 9.80 Å². The third-order valence-electron chi connectivity index (χ3n) is 4.04. The van der Waals surface area contributed by atoms with Crippen molar-refractivity contribution in [2.45, 2.75) is 58.2 Å². The Morgan fingerprint density at radius 3 is 2.57 bits per heavy atom. The normalized spacial score (nSPS) is 35.1. The second-order valence-electron chi connectivity index (χ2n) is 5.03. The summed E-state index contributed by atoms with van der Waals surface area (Å²) >= 11 is 0. The molecule has 0 aromatic carbocycles. The van der Waals surface area contributed by atoms with Crippen molar-refractivity contribution in [3.8, 4) is 0 Å². The molecule has 2 rings (SSSR count). The van der Waals surface area contributed by atoms with Gasteiger partial charge in [-0.15, -0.1) is 0 Å². The van der Waals surface area contributed by atoms with Crippen LogP contribution in [-0.4, -0.2) is 47.6 Å². The SMILES string of the molecule is CCN1CCC2C1CCCN2C(C)C. The van der Waals surface area contributed by atoms with E-state index in [9.17, 15) is 0 Å². The molecule has 0 N–H and O–H groups in total. The first-order valence-electron chi connectivity index (χ1n) is 6.23. The summed E-state index contributed by atoms with van der Waals surface area (Å²) in [7, 11) is 0. The largest absolute Gasteiger partial charge is 0.299 e. The van der Waals surface area contributed by atoms with E-state index in [1.165, 1.54) is 38.9 Å². The van der Waals surface area contributed by atoms with Crippen LogP contribution in [-0.2, 0) is 0 Å². The standard InChI is InChI=1S/C12H24N2/c1-4-13-9-7-12-11(13)6-5-8-14(12)10(2)3/h10-12H,4-9H2,1-3H3. The third kappa shape index (κ3) is 1.70. The molecule has 0 amide bonds. The van der Waals surface area contributed by atoms with Gasteiger partial charge in [0.05, 0.1) is 0 Å². The summed E-state index contributed by atoms with van der Waals surface area (Å²) < 4.78 is 0. The number of likely N-dealkylation sites (tertiary alicyclic amines) is 2. The summed E-state index contributed by atoms with van der Waals surface area (Å²) in [5, 5.41) is 0. The fraction of sp³-hybridized carbons (Fsp3) is 1.00. The lowest BCUT2D eigenvalue weighted by Gasteiger charge is -2.42. The number of fused-ring (bicyclic) bond motifs is 1. The predicted octanol–water partition coefficient (Wildman–Crippen LogP) is 1.95. The molecule has 0 aromatic heterocycles. The van der Waals surface area contributed by atoms with E-state index in [1.54, 1.807) is 0 Å². The molecule has 2 nitrogen and oxygen atoms in total. The van der Waals surface area contributed by atoms with Crippen LogP contribution >= 0.6 is 0 Å². The van der Waals surface area contributed by atoms with Crippen molar-refractivity contribution in [3.05, 3.63) is 0 Å². The van der Waals surface area contributed by atoms with E-state index < -0.39 is 0 Å². The van der Waals surface area contributed by atoms with Crippen LogP contribution in [0.2, 0.25) is 0 Å². The predicted molar refractivity (Wildman–Crippen MR) is 60.5 cm³/mol. The van der Waals surface area contributed by atoms with Crippen LogP contribution in [0.3, 0.4) is 0 Å². The molecular weight excluding hydrogens is 172 g/mol. The van der Waals surface area contributed by atoms with Crippen LogP contribution < -0.4 is 0 Å². The van der Waals surface area contributed by atoms with Crippen molar-refractivity contribution in [2.75, 3.05) is 19.6 Å². The van der Waals surface area contributed by atoms with E-state index in [4.69, 9.17) is 0 Å². The first-order valence-corrected chi connectivity index (χ1v) is 6.23. The van der Waals surface area contributed by atoms with Gasteiger partial charge in [0.2, 0.25) is 0 Å². The maximum atomic E-state index is 2.73. The molecule has 0 aromatic rings. The Bertz CT molecular complexity index is 191. The van der Waals surface area contributed by atoms with Gasteiger partial charge in [-0.05, 0) is 46.2 Å². The molecule has 14 heavy (non-hydrogen) atoms. The van der Waals surface area contributed by atoms with Crippen molar-refractivity contribution < 1.29 is 0 Å². The van der Waals surface area contributed by atoms with Crippen molar-refractivity contribution in [3.63, 3.8) is 0 Å². The van der Waals surface area contributed by atoms with E-state index in [1.807, 2.05) is 0 Å². The van der Waals surface area contributed by atoms with Crippen molar-refractivity contribution in [1.82, 2.24) is 9.80 Å². The molecule has 2 saturated heterocycles. The molecule has 0 radical (unpaired) electrons. The average Bonchev–Trinajstić information content (AvgIpc) is 2.59. The van der Waals surface area contributed by atoms with Gasteiger partial charge in [0, 0.05) is 24.7 Å². The fourth-order valence-electron chi connectivity index (χ4n) is 3.34. The van der Waals surface area contributed by atoms with E-state index in [0.717, 1.165) is 18.1 Å². The molecular formula is C12H24N2. The topological polar surface area (TPSA) is 6.48 Å². The summed E-state index contributed by atoms with van der Waals surface area (Å²) in [6, 6.07) is 2.47. The summed E-state index contributed by atoms with van der Waals surface area (Å²) in [5.41, 5.74) is 0. The highest BCUT2D eigenvalue weighted by atomic mass is 15.3. The molecule has 0 aliphatic carbocycles. The molecule has 2 unspecified atom stereocenters. The lowest BCUT2D eigenvalue weighted by atomic mass is 9.95. The maximum absolute atomic E-state index is 2.73. The zero-order valence-corrected chi connectivity index (χ0v) is 9.87. The van der Waals surface area contributed by atoms with Gasteiger partial charge >= 0.3 is 0 Å². The zero-order valence-electron chi connectivity index (χ0n) is 9.87. The van der Waals surface area contributed by atoms with E-state index >= 15 is 0 Å². The minimum absolute atomic E-state index is 0.736. The van der Waals surface area contributed by atoms with Gasteiger partial charge in [0.15, 0.2) is 0 Å². The van der Waals surface area contributed by atoms with Gasteiger partial charge in [0.1, 0.15) is 0 Å². The first kappa shape index (κ1) is 10.4. The fourth-order valence-corrected chi connectivity index (χ4v) is 3.34. The minimum Gasteiger partial charge on any atom is -0.299 e. The molecule has 2 heteroatoms. The Morgan fingerprint density at radius 1 is 1.14 bits per heavy atom. The zero-order chi connectivity index (χ0) is 10.1. The first-order chi connectivity index (χ1) is 6.74. The molecule has 0 spiro atoms. The highest BCUT2D eigenvalue weighted by Crippen LogP contribution is 2.31. The Hall–Kier alpha value is -0.0800. The number of piperidine rings is 1. The van der Waals surface area contributed by atoms with E-state index in [0.29, 0.717) is 0 Å². The van der Waals surface area contributed by atoms with Crippen LogP contribution in [0.25, 0.3) is 0 Å². The van der Waals surface area contributed by atoms with Crippen LogP contribution in [0, 0.1) is 0 Å². The molecule has 82 valence electrons. The Labute approximate surface area is 88.3 Å². The molecule has 2 fully saturated rings. The molecule has 2 atom stereocenters. The minimum atomic E-state index is 0.736. The van der Waals surface area contributed by atoms with E-state index in [2.05, 4.69) is 30.6 Å². The third-order valence-corrected chi connectivity index (χ3v) is 4.04. The Balaban J connectivity index is 2.05. The monoisotopic (exact) mass is 196 g/mol. The number of likely N-dealkylation sites (N-methyl/N-ethyl adjacent to an activating group) is 1. The Morgan fingerprint density at radius 2 is 1.93 bits per heavy atom. The highest BCUT2D eigenvalue weighted by molar-refractivity contribution is 4.96. The summed E-state index contributed by atoms with van der Waals surface area (Å²) in [4.78, 5) is 5.41. The number of hydrogen-bond acceptors (Lipinski definition) is 2. The van der Waals surface area contributed by atoms with Crippen molar-refractivity contribution in [1.29, 1.82) is 0 Å². The van der Waals surface area contributed by atoms with Gasteiger partial charge in [-0.1, -0.05) is 6.92 Å². The van der Waals surface area contributed by atoms with E-state index in [-0.39, 0.29) is 0 Å². The molecule has 2 aliphatic heterocycles. The molecule has 2 aliphatic rings. The summed E-state index contributed by atoms with van der Waals surface area (Å²) in [6.45, 7) is 10.9. The second-order valence-corrected chi connectivity index (χ2v) is 5.03. The lowest BCUT2D eigenvalue weighted by Crippen LogP contribution is -2.51. The van der Waals surface area contributed by atoms with Gasteiger partial charge in [-0.2, -0.15) is 0 Å².